The van der Waals surface area contributed by atoms with E-state index in [9.17, 15) is 0 Å². The van der Waals surface area contributed by atoms with Crippen molar-refractivity contribution >= 4 is 0 Å². The number of likely N-dealkylation sites (tertiary alicyclic amines) is 1. The second-order valence-corrected chi connectivity index (χ2v) is 9.73. The van der Waals surface area contributed by atoms with Gasteiger partial charge in [0.1, 0.15) is 0 Å². The van der Waals surface area contributed by atoms with Crippen LogP contribution in [0.25, 0.3) is 0 Å². The third kappa shape index (κ3) is 7.86. The zero-order valence-electron chi connectivity index (χ0n) is 18.4. The van der Waals surface area contributed by atoms with Crippen LogP contribution < -0.4 is 0 Å². The van der Waals surface area contributed by atoms with Gasteiger partial charge >= 0.3 is 0 Å². The van der Waals surface area contributed by atoms with Crippen LogP contribution in [-0.2, 0) is 4.74 Å². The molecule has 0 spiro atoms. The SMILES string of the molecule is CCCCC(C)CN1CCC(CCO[C@H]2C[C@H](N(C)CC(C)C)C2)CC1. The van der Waals surface area contributed by atoms with Gasteiger partial charge in [-0.2, -0.15) is 0 Å². The summed E-state index contributed by atoms with van der Waals surface area (Å²) in [5, 5.41) is 0. The maximum Gasteiger partial charge on any atom is 0.0605 e. The van der Waals surface area contributed by atoms with E-state index in [0.29, 0.717) is 6.10 Å². The summed E-state index contributed by atoms with van der Waals surface area (Å²) in [5.41, 5.74) is 0. The van der Waals surface area contributed by atoms with Crippen LogP contribution in [0, 0.1) is 17.8 Å². The third-order valence-electron chi connectivity index (χ3n) is 6.55. The summed E-state index contributed by atoms with van der Waals surface area (Å²) in [7, 11) is 2.28. The lowest BCUT2D eigenvalue weighted by Crippen LogP contribution is -2.47. The molecular formula is C23H46N2O. The molecule has 3 heteroatoms. The number of hydrogen-bond acceptors (Lipinski definition) is 3. The van der Waals surface area contributed by atoms with E-state index in [-0.39, 0.29) is 0 Å². The summed E-state index contributed by atoms with van der Waals surface area (Å²) in [4.78, 5) is 5.24. The molecule has 2 rings (SSSR count). The fourth-order valence-electron chi connectivity index (χ4n) is 4.70. The third-order valence-corrected chi connectivity index (χ3v) is 6.55. The largest absolute Gasteiger partial charge is 0.378 e. The minimum Gasteiger partial charge on any atom is -0.378 e. The predicted molar refractivity (Wildman–Crippen MR) is 113 cm³/mol. The van der Waals surface area contributed by atoms with Crippen molar-refractivity contribution in [1.82, 2.24) is 9.80 Å². The Balaban J connectivity index is 1.48. The van der Waals surface area contributed by atoms with E-state index in [4.69, 9.17) is 4.74 Å². The van der Waals surface area contributed by atoms with Crippen LogP contribution in [0.4, 0.5) is 0 Å². The van der Waals surface area contributed by atoms with Gasteiger partial charge in [0, 0.05) is 25.7 Å². The summed E-state index contributed by atoms with van der Waals surface area (Å²) in [5.74, 6) is 2.53. The fraction of sp³-hybridized carbons (Fsp3) is 1.00. The smallest absolute Gasteiger partial charge is 0.0605 e. The quantitative estimate of drug-likeness (QED) is 0.481. The Morgan fingerprint density at radius 2 is 1.81 bits per heavy atom. The molecular weight excluding hydrogens is 320 g/mol. The molecule has 0 amide bonds. The summed E-state index contributed by atoms with van der Waals surface area (Å²) >= 11 is 0. The van der Waals surface area contributed by atoms with Crippen LogP contribution in [-0.4, -0.2) is 61.8 Å². The monoisotopic (exact) mass is 366 g/mol. The number of unbranched alkanes of at least 4 members (excludes halogenated alkanes) is 1. The maximum atomic E-state index is 6.16. The summed E-state index contributed by atoms with van der Waals surface area (Å²) < 4.78 is 6.16. The molecule has 0 aromatic heterocycles. The van der Waals surface area contributed by atoms with E-state index >= 15 is 0 Å². The zero-order valence-corrected chi connectivity index (χ0v) is 18.4. The van der Waals surface area contributed by atoms with Crippen LogP contribution in [0.2, 0.25) is 0 Å². The second kappa shape index (κ2) is 11.7. The van der Waals surface area contributed by atoms with E-state index in [1.807, 2.05) is 0 Å². The van der Waals surface area contributed by atoms with Crippen LogP contribution in [0.15, 0.2) is 0 Å². The van der Waals surface area contributed by atoms with Crippen molar-refractivity contribution in [2.45, 2.75) is 91.2 Å². The van der Waals surface area contributed by atoms with Gasteiger partial charge in [-0.15, -0.1) is 0 Å². The molecule has 0 aromatic rings. The first-order chi connectivity index (χ1) is 12.5. The lowest BCUT2D eigenvalue weighted by molar-refractivity contribution is -0.0521. The van der Waals surface area contributed by atoms with Gasteiger partial charge in [-0.25, -0.2) is 0 Å². The molecule has 0 N–H and O–H groups in total. The Morgan fingerprint density at radius 3 is 2.42 bits per heavy atom. The van der Waals surface area contributed by atoms with Crippen molar-refractivity contribution in [3.05, 3.63) is 0 Å². The molecule has 2 fully saturated rings. The number of hydrogen-bond donors (Lipinski definition) is 0. The molecule has 0 radical (unpaired) electrons. The molecule has 1 unspecified atom stereocenters. The molecule has 2 aliphatic rings. The molecule has 0 bridgehead atoms. The second-order valence-electron chi connectivity index (χ2n) is 9.73. The van der Waals surface area contributed by atoms with Crippen LogP contribution in [0.1, 0.15) is 79.1 Å². The molecule has 0 aromatic carbocycles. The average Bonchev–Trinajstić information content (AvgIpc) is 2.55. The van der Waals surface area contributed by atoms with Crippen LogP contribution >= 0.6 is 0 Å². The Bertz CT molecular complexity index is 359. The van der Waals surface area contributed by atoms with Gasteiger partial charge in [0.05, 0.1) is 6.10 Å². The predicted octanol–water partition coefficient (Wildman–Crippen LogP) is 5.05. The Hall–Kier alpha value is -0.120. The summed E-state index contributed by atoms with van der Waals surface area (Å²) in [6, 6.07) is 0.764. The van der Waals surface area contributed by atoms with Crippen molar-refractivity contribution < 1.29 is 4.74 Å². The van der Waals surface area contributed by atoms with E-state index in [2.05, 4.69) is 44.5 Å². The first-order valence-electron chi connectivity index (χ1n) is 11.5. The van der Waals surface area contributed by atoms with Gasteiger partial charge in [0.2, 0.25) is 0 Å². The Kier molecular flexibility index (Phi) is 9.94. The van der Waals surface area contributed by atoms with Crippen molar-refractivity contribution in [2.24, 2.45) is 17.8 Å². The van der Waals surface area contributed by atoms with Crippen molar-refractivity contribution in [3.63, 3.8) is 0 Å². The minimum atomic E-state index is 0.536. The first kappa shape index (κ1) is 22.2. The normalized spacial score (nSPS) is 26.4. The van der Waals surface area contributed by atoms with Crippen LogP contribution in [0.5, 0.6) is 0 Å². The number of piperidine rings is 1. The van der Waals surface area contributed by atoms with Crippen molar-refractivity contribution in [2.75, 3.05) is 39.8 Å². The molecule has 1 aliphatic heterocycles. The molecule has 1 saturated heterocycles. The molecule has 3 nitrogen and oxygen atoms in total. The van der Waals surface area contributed by atoms with E-state index in [1.165, 1.54) is 77.5 Å². The average molecular weight is 367 g/mol. The molecule has 1 aliphatic carbocycles. The summed E-state index contributed by atoms with van der Waals surface area (Å²) in [6.45, 7) is 15.5. The standard InChI is InChI=1S/C23H46N2O/c1-6-7-8-20(4)18-25-12-9-21(10-13-25)11-14-26-23-15-22(16-23)24(5)17-19(2)3/h19-23H,6-18H2,1-5H3/t20?,22-,23-. The van der Waals surface area contributed by atoms with Crippen molar-refractivity contribution in [1.29, 1.82) is 0 Å². The van der Waals surface area contributed by atoms with Crippen molar-refractivity contribution in [3.8, 4) is 0 Å². The van der Waals surface area contributed by atoms with Gasteiger partial charge < -0.3 is 14.5 Å². The highest BCUT2D eigenvalue weighted by Crippen LogP contribution is 2.29. The first-order valence-corrected chi connectivity index (χ1v) is 11.5. The number of ether oxygens (including phenoxy) is 1. The van der Waals surface area contributed by atoms with E-state index < -0.39 is 0 Å². The Morgan fingerprint density at radius 1 is 1.12 bits per heavy atom. The number of nitrogens with zero attached hydrogens (tertiary/aromatic N) is 2. The summed E-state index contributed by atoms with van der Waals surface area (Å²) in [6.07, 6.45) is 11.2. The molecule has 1 saturated carbocycles. The maximum absolute atomic E-state index is 6.16. The molecule has 26 heavy (non-hydrogen) atoms. The molecule has 154 valence electrons. The van der Waals surface area contributed by atoms with Gasteiger partial charge in [0.15, 0.2) is 0 Å². The lowest BCUT2D eigenvalue weighted by Gasteiger charge is -2.42. The molecule has 1 heterocycles. The van der Waals surface area contributed by atoms with Crippen LogP contribution in [0.3, 0.4) is 0 Å². The lowest BCUT2D eigenvalue weighted by atomic mass is 9.87. The topological polar surface area (TPSA) is 15.7 Å². The van der Waals surface area contributed by atoms with Gasteiger partial charge in [-0.05, 0) is 76.4 Å². The highest BCUT2D eigenvalue weighted by Gasteiger charge is 2.33. The van der Waals surface area contributed by atoms with Gasteiger partial charge in [-0.1, -0.05) is 40.5 Å². The van der Waals surface area contributed by atoms with Gasteiger partial charge in [0.25, 0.3) is 0 Å². The zero-order chi connectivity index (χ0) is 18.9. The number of rotatable bonds is 12. The molecule has 1 atom stereocenters. The minimum absolute atomic E-state index is 0.536. The Labute approximate surface area is 163 Å². The highest BCUT2D eigenvalue weighted by atomic mass is 16.5. The van der Waals surface area contributed by atoms with Gasteiger partial charge in [-0.3, -0.25) is 0 Å². The van der Waals surface area contributed by atoms with E-state index in [1.54, 1.807) is 0 Å². The fourth-order valence-corrected chi connectivity index (χ4v) is 4.70. The van der Waals surface area contributed by atoms with E-state index in [0.717, 1.165) is 30.4 Å². The highest BCUT2D eigenvalue weighted by molar-refractivity contribution is 4.87.